The second-order valence-corrected chi connectivity index (χ2v) is 6.29. The normalized spacial score (nSPS) is 22.7. The molecule has 2 bridgehead atoms. The molecular formula is C17H21N5O5. The molecule has 7 N–H and O–H groups in total. The summed E-state index contributed by atoms with van der Waals surface area (Å²) in [5, 5.41) is 25.3. The van der Waals surface area contributed by atoms with E-state index in [0.29, 0.717) is 28.5 Å². The van der Waals surface area contributed by atoms with Crippen molar-refractivity contribution < 1.29 is 24.5 Å². The Morgan fingerprint density at radius 3 is 2.89 bits per heavy atom. The Balaban J connectivity index is 2.03. The molecule has 0 fully saturated rings. The highest BCUT2D eigenvalue weighted by Crippen LogP contribution is 2.31. The number of rotatable bonds is 1. The van der Waals surface area contributed by atoms with E-state index in [0.717, 1.165) is 0 Å². The van der Waals surface area contributed by atoms with Crippen LogP contribution >= 0.6 is 0 Å². The van der Waals surface area contributed by atoms with Crippen LogP contribution in [0.2, 0.25) is 0 Å². The quantitative estimate of drug-likeness (QED) is 0.427. The lowest BCUT2D eigenvalue weighted by Crippen LogP contribution is -2.33. The number of aliphatic hydroxyl groups excluding tert-OH is 2. The third-order valence-electron chi connectivity index (χ3n) is 4.30. The predicted molar refractivity (Wildman–Crippen MR) is 96.9 cm³/mol. The summed E-state index contributed by atoms with van der Waals surface area (Å²) in [6.07, 6.45) is -1.79. The highest BCUT2D eigenvalue weighted by molar-refractivity contribution is 5.97. The van der Waals surface area contributed by atoms with Crippen LogP contribution in [-0.2, 0) is 9.53 Å². The Bertz CT molecular complexity index is 852. The monoisotopic (exact) mass is 375 g/mol. The van der Waals surface area contributed by atoms with E-state index in [4.69, 9.17) is 5.73 Å². The number of anilines is 2. The molecule has 10 heteroatoms. The van der Waals surface area contributed by atoms with Crippen molar-refractivity contribution >= 4 is 23.4 Å². The van der Waals surface area contributed by atoms with Gasteiger partial charge < -0.3 is 31.0 Å². The SMILES string of the molecule is COC(=O)Nc1ccc2c(c1)NC(=O)CC(O)[C@H](O)C[C@H](N)c1ncc-2[nH]1. The predicted octanol–water partition coefficient (Wildman–Crippen LogP) is 0.709. The Labute approximate surface area is 154 Å². The number of hydrogen-bond acceptors (Lipinski definition) is 7. The molecule has 1 aliphatic rings. The van der Waals surface area contributed by atoms with Crippen molar-refractivity contribution in [2.45, 2.75) is 31.1 Å². The van der Waals surface area contributed by atoms with Gasteiger partial charge in [-0.15, -0.1) is 0 Å². The number of ether oxygens (including phenoxy) is 1. The molecule has 144 valence electrons. The molecule has 3 atom stereocenters. The number of nitrogens with two attached hydrogens (primary N) is 1. The highest BCUT2D eigenvalue weighted by atomic mass is 16.5. The number of methoxy groups -OCH3 is 1. The first-order valence-electron chi connectivity index (χ1n) is 8.33. The van der Waals surface area contributed by atoms with Crippen LogP contribution in [-0.4, -0.2) is 51.5 Å². The number of nitrogens with one attached hydrogen (secondary N) is 3. The van der Waals surface area contributed by atoms with Gasteiger partial charge in [-0.2, -0.15) is 0 Å². The van der Waals surface area contributed by atoms with Gasteiger partial charge >= 0.3 is 6.09 Å². The van der Waals surface area contributed by atoms with Gasteiger partial charge in [0.1, 0.15) is 5.82 Å². The Hall–Kier alpha value is -2.95. The maximum atomic E-state index is 12.3. The van der Waals surface area contributed by atoms with E-state index in [-0.39, 0.29) is 12.8 Å². The van der Waals surface area contributed by atoms with Crippen molar-refractivity contribution in [3.05, 3.63) is 30.2 Å². The number of imidazole rings is 1. The molecule has 27 heavy (non-hydrogen) atoms. The first-order chi connectivity index (χ1) is 12.9. The van der Waals surface area contributed by atoms with Gasteiger partial charge in [-0.3, -0.25) is 10.1 Å². The molecule has 3 rings (SSSR count). The minimum absolute atomic E-state index is 0.0518. The summed E-state index contributed by atoms with van der Waals surface area (Å²) < 4.78 is 4.56. The number of carbonyl (C=O) groups is 2. The number of fused-ring (bicyclic) bond motifs is 4. The van der Waals surface area contributed by atoms with Crippen LogP contribution in [0.25, 0.3) is 11.3 Å². The number of H-pyrrole nitrogens is 1. The average molecular weight is 375 g/mol. The van der Waals surface area contributed by atoms with Crippen LogP contribution < -0.4 is 16.4 Å². The fraction of sp³-hybridized carbons (Fsp3) is 0.353. The van der Waals surface area contributed by atoms with E-state index in [1.807, 2.05) is 0 Å². The van der Waals surface area contributed by atoms with Crippen LogP contribution in [0.5, 0.6) is 0 Å². The number of hydrogen-bond donors (Lipinski definition) is 6. The highest BCUT2D eigenvalue weighted by Gasteiger charge is 2.26. The molecule has 1 unspecified atom stereocenters. The van der Waals surface area contributed by atoms with Crippen LogP contribution in [0.3, 0.4) is 0 Å². The Kier molecular flexibility index (Phi) is 5.40. The van der Waals surface area contributed by atoms with E-state index in [1.165, 1.54) is 7.11 Å². The van der Waals surface area contributed by atoms with Crippen molar-refractivity contribution in [2.75, 3.05) is 17.7 Å². The number of aromatic amines is 1. The number of aromatic nitrogens is 2. The molecule has 0 radical (unpaired) electrons. The minimum Gasteiger partial charge on any atom is -0.453 e. The third kappa shape index (κ3) is 4.25. The largest absolute Gasteiger partial charge is 0.453 e. The standard InChI is InChI=1S/C17H21N5O5/c1-27-17(26)20-8-2-3-9-11(4-8)21-15(25)6-14(24)13(23)5-10(18)16-19-7-12(9)22-16/h2-4,7,10,13-14,23-24H,5-6,18H2,1H3,(H,19,22)(H,20,26)(H,21,25)/t10-,13+,14?/m0/s1. The van der Waals surface area contributed by atoms with Crippen molar-refractivity contribution in [1.82, 2.24) is 9.97 Å². The van der Waals surface area contributed by atoms with Gasteiger partial charge in [0, 0.05) is 11.3 Å². The number of aliphatic hydroxyl groups is 2. The van der Waals surface area contributed by atoms with E-state index in [1.54, 1.807) is 24.4 Å². The fourth-order valence-corrected chi connectivity index (χ4v) is 2.85. The van der Waals surface area contributed by atoms with Crippen LogP contribution in [0.1, 0.15) is 24.7 Å². The van der Waals surface area contributed by atoms with E-state index >= 15 is 0 Å². The molecular weight excluding hydrogens is 354 g/mol. The lowest BCUT2D eigenvalue weighted by molar-refractivity contribution is -0.120. The van der Waals surface area contributed by atoms with E-state index in [2.05, 4.69) is 25.3 Å². The van der Waals surface area contributed by atoms with Gasteiger partial charge in [-0.25, -0.2) is 9.78 Å². The fourth-order valence-electron chi connectivity index (χ4n) is 2.85. The smallest absolute Gasteiger partial charge is 0.411 e. The maximum Gasteiger partial charge on any atom is 0.411 e. The van der Waals surface area contributed by atoms with Gasteiger partial charge in [0.2, 0.25) is 5.91 Å². The summed E-state index contributed by atoms with van der Waals surface area (Å²) >= 11 is 0. The zero-order valence-electron chi connectivity index (χ0n) is 14.6. The third-order valence-corrected chi connectivity index (χ3v) is 4.30. The molecule has 1 aromatic carbocycles. The lowest BCUT2D eigenvalue weighted by atomic mass is 10.0. The first kappa shape index (κ1) is 18.8. The summed E-state index contributed by atoms with van der Waals surface area (Å²) in [6, 6.07) is 4.27. The molecule has 0 spiro atoms. The van der Waals surface area contributed by atoms with Crippen LogP contribution in [0.15, 0.2) is 24.4 Å². The number of nitrogens with zero attached hydrogens (tertiary/aromatic N) is 1. The van der Waals surface area contributed by atoms with Crippen LogP contribution in [0, 0.1) is 0 Å². The van der Waals surface area contributed by atoms with E-state index in [9.17, 15) is 19.8 Å². The summed E-state index contributed by atoms with van der Waals surface area (Å²) in [4.78, 5) is 31.0. The molecule has 0 saturated carbocycles. The molecule has 2 amide bonds. The summed E-state index contributed by atoms with van der Waals surface area (Å²) in [6.45, 7) is 0. The molecule has 1 aliphatic heterocycles. The number of benzene rings is 1. The van der Waals surface area contributed by atoms with Crippen molar-refractivity contribution in [3.8, 4) is 11.3 Å². The van der Waals surface area contributed by atoms with Crippen molar-refractivity contribution in [1.29, 1.82) is 0 Å². The zero-order chi connectivity index (χ0) is 19.6. The van der Waals surface area contributed by atoms with Gasteiger partial charge in [0.15, 0.2) is 0 Å². The Morgan fingerprint density at radius 1 is 1.37 bits per heavy atom. The maximum absolute atomic E-state index is 12.3. The van der Waals surface area contributed by atoms with Gasteiger partial charge in [0.25, 0.3) is 0 Å². The topological polar surface area (TPSA) is 163 Å². The van der Waals surface area contributed by atoms with E-state index < -0.39 is 30.3 Å². The number of carbonyl (C=O) groups excluding carboxylic acids is 2. The first-order valence-corrected chi connectivity index (χ1v) is 8.33. The molecule has 2 aromatic rings. The van der Waals surface area contributed by atoms with Gasteiger partial charge in [-0.1, -0.05) is 0 Å². The zero-order valence-corrected chi connectivity index (χ0v) is 14.6. The van der Waals surface area contributed by atoms with Gasteiger partial charge in [-0.05, 0) is 24.6 Å². The Morgan fingerprint density at radius 2 is 2.15 bits per heavy atom. The minimum atomic E-state index is -1.27. The van der Waals surface area contributed by atoms with Crippen LogP contribution in [0.4, 0.5) is 16.2 Å². The molecule has 1 aromatic heterocycles. The van der Waals surface area contributed by atoms with Crippen molar-refractivity contribution in [3.63, 3.8) is 0 Å². The summed E-state index contributed by atoms with van der Waals surface area (Å²) in [5.74, 6) is -0.0437. The second kappa shape index (κ2) is 7.74. The number of amides is 2. The molecule has 10 nitrogen and oxygen atoms in total. The molecule has 0 saturated heterocycles. The summed E-state index contributed by atoms with van der Waals surface area (Å²) in [7, 11) is 1.24. The second-order valence-electron chi connectivity index (χ2n) is 6.29. The summed E-state index contributed by atoms with van der Waals surface area (Å²) in [5.41, 5.74) is 8.07. The molecule has 2 heterocycles. The van der Waals surface area contributed by atoms with Gasteiger partial charge in [0.05, 0.1) is 49.4 Å². The average Bonchev–Trinajstić information content (AvgIpc) is 3.11. The van der Waals surface area contributed by atoms with Crippen molar-refractivity contribution in [2.24, 2.45) is 5.73 Å². The molecule has 0 aliphatic carbocycles. The lowest BCUT2D eigenvalue weighted by Gasteiger charge is -2.21.